The predicted octanol–water partition coefficient (Wildman–Crippen LogP) is 4.79. The van der Waals surface area contributed by atoms with Gasteiger partial charge in [-0.3, -0.25) is 14.9 Å². The fraction of sp³-hybridized carbons (Fsp3) is 0.208. The van der Waals surface area contributed by atoms with Gasteiger partial charge in [0, 0.05) is 35.8 Å². The maximum Gasteiger partial charge on any atom is 0.129 e. The lowest BCUT2D eigenvalue weighted by molar-refractivity contribution is 0.320. The molecule has 0 spiro atoms. The summed E-state index contributed by atoms with van der Waals surface area (Å²) in [4.78, 5) is 18.9. The quantitative estimate of drug-likeness (QED) is 0.468. The minimum Gasteiger partial charge on any atom is -0.339 e. The summed E-state index contributed by atoms with van der Waals surface area (Å²) in [6, 6.07) is 13.6. The van der Waals surface area contributed by atoms with Crippen molar-refractivity contribution in [2.24, 2.45) is 0 Å². The number of aromatic amines is 1. The number of aromatic nitrogens is 4. The summed E-state index contributed by atoms with van der Waals surface area (Å²) in [5.74, 6) is -0.278. The average Bonchev–Trinajstić information content (AvgIpc) is 3.18. The van der Waals surface area contributed by atoms with Gasteiger partial charge in [-0.15, -0.1) is 0 Å². The number of pyridine rings is 2. The molecule has 0 fully saturated rings. The molecule has 4 rings (SSSR count). The minimum absolute atomic E-state index is 0.107. The molecule has 0 radical (unpaired) electrons. The first-order chi connectivity index (χ1) is 15.0. The molecule has 0 unspecified atom stereocenters. The monoisotopic (exact) mass is 419 g/mol. The van der Waals surface area contributed by atoms with Crippen LogP contribution in [0.25, 0.3) is 22.6 Å². The average molecular weight is 419 g/mol. The first-order valence-electron chi connectivity index (χ1n) is 10.1. The summed E-state index contributed by atoms with van der Waals surface area (Å²) in [6.07, 6.45) is 3.73. The van der Waals surface area contributed by atoms with E-state index in [-0.39, 0.29) is 12.0 Å². The minimum atomic E-state index is -0.515. The van der Waals surface area contributed by atoms with Crippen LogP contribution in [0.3, 0.4) is 0 Å². The largest absolute Gasteiger partial charge is 0.339 e. The lowest BCUT2D eigenvalue weighted by Crippen LogP contribution is -2.22. The molecular formula is C24H23F2N5. The van der Waals surface area contributed by atoms with E-state index in [0.29, 0.717) is 13.1 Å². The highest BCUT2D eigenvalue weighted by atomic mass is 19.1. The zero-order valence-corrected chi connectivity index (χ0v) is 17.4. The van der Waals surface area contributed by atoms with Crippen LogP contribution in [0, 0.1) is 18.6 Å². The maximum atomic E-state index is 13.9. The topological polar surface area (TPSA) is 57.7 Å². The highest BCUT2D eigenvalue weighted by Crippen LogP contribution is 2.29. The second kappa shape index (κ2) is 9.14. The van der Waals surface area contributed by atoms with E-state index >= 15 is 0 Å². The van der Waals surface area contributed by atoms with Crippen LogP contribution in [-0.2, 0) is 13.0 Å². The molecule has 31 heavy (non-hydrogen) atoms. The van der Waals surface area contributed by atoms with Crippen molar-refractivity contribution in [3.63, 3.8) is 0 Å². The van der Waals surface area contributed by atoms with Crippen molar-refractivity contribution in [2.75, 3.05) is 13.6 Å². The molecule has 0 bridgehead atoms. The molecule has 0 aliphatic heterocycles. The third kappa shape index (κ3) is 4.83. The molecule has 0 saturated carbocycles. The van der Waals surface area contributed by atoms with Gasteiger partial charge in [-0.2, -0.15) is 0 Å². The summed E-state index contributed by atoms with van der Waals surface area (Å²) in [5, 5.41) is 0. The van der Waals surface area contributed by atoms with Crippen LogP contribution < -0.4 is 0 Å². The van der Waals surface area contributed by atoms with Crippen molar-refractivity contribution in [2.45, 2.75) is 19.9 Å². The standard InChI is InChI=1S/C24H23F2N5/c1-16-5-3-8-21(28-16)24-23(17-9-12-27-13-10-17)29-22(30-24)15-31(2)14-11-18-19(25)6-4-7-20(18)26/h3-10,12-13H,11,14-15H2,1-2H3,(H,29,30). The third-order valence-electron chi connectivity index (χ3n) is 5.08. The van der Waals surface area contributed by atoms with Gasteiger partial charge in [0.25, 0.3) is 0 Å². The Balaban J connectivity index is 1.57. The van der Waals surface area contributed by atoms with E-state index in [1.807, 2.05) is 49.2 Å². The summed E-state index contributed by atoms with van der Waals surface area (Å²) in [5.41, 5.74) is 4.39. The highest BCUT2D eigenvalue weighted by Gasteiger charge is 2.17. The number of H-pyrrole nitrogens is 1. The molecule has 0 saturated heterocycles. The lowest BCUT2D eigenvalue weighted by Gasteiger charge is -2.15. The second-order valence-corrected chi connectivity index (χ2v) is 7.50. The zero-order chi connectivity index (χ0) is 21.8. The number of nitrogens with zero attached hydrogens (tertiary/aromatic N) is 4. The van der Waals surface area contributed by atoms with Crippen molar-refractivity contribution >= 4 is 0 Å². The Kier molecular flexibility index (Phi) is 6.13. The molecule has 4 aromatic rings. The van der Waals surface area contributed by atoms with E-state index in [0.717, 1.165) is 34.2 Å². The molecule has 1 N–H and O–H groups in total. The zero-order valence-electron chi connectivity index (χ0n) is 17.4. The number of aryl methyl sites for hydroxylation is 1. The van der Waals surface area contributed by atoms with Crippen LogP contribution in [0.15, 0.2) is 60.9 Å². The second-order valence-electron chi connectivity index (χ2n) is 7.50. The smallest absolute Gasteiger partial charge is 0.129 e. The van der Waals surface area contributed by atoms with Crippen LogP contribution in [0.5, 0.6) is 0 Å². The van der Waals surface area contributed by atoms with Gasteiger partial charge < -0.3 is 4.98 Å². The molecular weight excluding hydrogens is 396 g/mol. The van der Waals surface area contributed by atoms with E-state index in [1.165, 1.54) is 18.2 Å². The van der Waals surface area contributed by atoms with Crippen molar-refractivity contribution in [1.29, 1.82) is 0 Å². The molecule has 158 valence electrons. The number of halogens is 2. The van der Waals surface area contributed by atoms with Crippen LogP contribution in [-0.4, -0.2) is 38.4 Å². The third-order valence-corrected chi connectivity index (χ3v) is 5.08. The first-order valence-corrected chi connectivity index (χ1v) is 10.1. The molecule has 0 aliphatic rings. The summed E-state index contributed by atoms with van der Waals surface area (Å²) < 4.78 is 27.8. The Morgan fingerprint density at radius 1 is 0.935 bits per heavy atom. The van der Waals surface area contributed by atoms with Crippen LogP contribution in [0.2, 0.25) is 0 Å². The molecule has 3 heterocycles. The molecule has 1 aromatic carbocycles. The van der Waals surface area contributed by atoms with Gasteiger partial charge in [-0.05, 0) is 56.8 Å². The summed E-state index contributed by atoms with van der Waals surface area (Å²) in [7, 11) is 1.90. The number of benzene rings is 1. The van der Waals surface area contributed by atoms with Gasteiger partial charge in [0.05, 0.1) is 23.6 Å². The van der Waals surface area contributed by atoms with Gasteiger partial charge >= 0.3 is 0 Å². The Hall–Kier alpha value is -3.45. The molecule has 3 aromatic heterocycles. The Labute approximate surface area is 179 Å². The maximum absolute atomic E-state index is 13.9. The van der Waals surface area contributed by atoms with Gasteiger partial charge in [0.15, 0.2) is 0 Å². The van der Waals surface area contributed by atoms with Crippen molar-refractivity contribution < 1.29 is 8.78 Å². The van der Waals surface area contributed by atoms with E-state index in [2.05, 4.69) is 15.0 Å². The van der Waals surface area contributed by atoms with Gasteiger partial charge in [0.2, 0.25) is 0 Å². The van der Waals surface area contributed by atoms with E-state index in [1.54, 1.807) is 12.4 Å². The van der Waals surface area contributed by atoms with Crippen LogP contribution >= 0.6 is 0 Å². The fourth-order valence-corrected chi connectivity index (χ4v) is 3.49. The number of nitrogens with one attached hydrogen (secondary N) is 1. The molecule has 5 nitrogen and oxygen atoms in total. The van der Waals surface area contributed by atoms with Crippen molar-refractivity contribution in [3.05, 3.63) is 89.6 Å². The molecule has 0 aliphatic carbocycles. The molecule has 0 amide bonds. The Bertz CT molecular complexity index is 1150. The molecule has 7 heteroatoms. The van der Waals surface area contributed by atoms with E-state index in [9.17, 15) is 8.78 Å². The fourth-order valence-electron chi connectivity index (χ4n) is 3.49. The Morgan fingerprint density at radius 2 is 1.65 bits per heavy atom. The Morgan fingerprint density at radius 3 is 2.35 bits per heavy atom. The van der Waals surface area contributed by atoms with Crippen molar-refractivity contribution in [3.8, 4) is 22.6 Å². The number of rotatable bonds is 7. The molecule has 0 atom stereocenters. The highest BCUT2D eigenvalue weighted by molar-refractivity contribution is 5.76. The summed E-state index contributed by atoms with van der Waals surface area (Å²) in [6.45, 7) is 2.93. The number of likely N-dealkylation sites (N-methyl/N-ethyl adjacent to an activating group) is 1. The van der Waals surface area contributed by atoms with E-state index in [4.69, 9.17) is 4.98 Å². The normalized spacial score (nSPS) is 11.3. The number of hydrogen-bond donors (Lipinski definition) is 1. The SMILES string of the molecule is Cc1cccc(-c2[nH]c(CN(C)CCc3c(F)cccc3F)nc2-c2ccncc2)n1. The number of hydrogen-bond acceptors (Lipinski definition) is 4. The van der Waals surface area contributed by atoms with Gasteiger partial charge in [-0.1, -0.05) is 12.1 Å². The predicted molar refractivity (Wildman–Crippen MR) is 116 cm³/mol. The van der Waals surface area contributed by atoms with Crippen LogP contribution in [0.4, 0.5) is 8.78 Å². The summed E-state index contributed by atoms with van der Waals surface area (Å²) >= 11 is 0. The van der Waals surface area contributed by atoms with Crippen LogP contribution in [0.1, 0.15) is 17.1 Å². The van der Waals surface area contributed by atoms with E-state index < -0.39 is 11.6 Å². The first kappa shape index (κ1) is 20.8. The van der Waals surface area contributed by atoms with Crippen molar-refractivity contribution in [1.82, 2.24) is 24.8 Å². The number of imidazole rings is 1. The van der Waals surface area contributed by atoms with Gasteiger partial charge in [-0.25, -0.2) is 13.8 Å². The van der Waals surface area contributed by atoms with Gasteiger partial charge in [0.1, 0.15) is 17.5 Å². The lowest BCUT2D eigenvalue weighted by atomic mass is 10.1.